The van der Waals surface area contributed by atoms with Gasteiger partial charge in [-0.05, 0) is 56.2 Å². The van der Waals surface area contributed by atoms with Crippen LogP contribution in [0.15, 0.2) is 59.6 Å². The van der Waals surface area contributed by atoms with E-state index < -0.39 is 11.4 Å². The van der Waals surface area contributed by atoms with Gasteiger partial charge in [-0.3, -0.25) is 19.8 Å². The molecule has 1 saturated heterocycles. The van der Waals surface area contributed by atoms with Crippen LogP contribution in [0, 0.1) is 18.4 Å². The highest BCUT2D eigenvalue weighted by molar-refractivity contribution is 5.95. The van der Waals surface area contributed by atoms with Crippen molar-refractivity contribution in [1.29, 1.82) is 5.26 Å². The van der Waals surface area contributed by atoms with Crippen molar-refractivity contribution in [3.05, 3.63) is 71.4 Å². The summed E-state index contributed by atoms with van der Waals surface area (Å²) in [6, 6.07) is 16.8. The molecule has 40 heavy (non-hydrogen) atoms. The number of likely N-dealkylation sites (tertiary alicyclic amines) is 1. The summed E-state index contributed by atoms with van der Waals surface area (Å²) in [4.78, 5) is 37.5. The fourth-order valence-electron chi connectivity index (χ4n) is 5.02. The van der Waals surface area contributed by atoms with Crippen LogP contribution in [0.4, 0.5) is 0 Å². The van der Waals surface area contributed by atoms with Crippen molar-refractivity contribution in [3.63, 3.8) is 0 Å². The van der Waals surface area contributed by atoms with Crippen LogP contribution >= 0.6 is 0 Å². The third-order valence-corrected chi connectivity index (χ3v) is 7.00. The van der Waals surface area contributed by atoms with E-state index in [-0.39, 0.29) is 12.3 Å². The molecule has 0 unspecified atom stereocenters. The Kier molecular flexibility index (Phi) is 8.81. The van der Waals surface area contributed by atoms with Crippen molar-refractivity contribution in [2.45, 2.75) is 38.3 Å². The van der Waals surface area contributed by atoms with Gasteiger partial charge in [-0.15, -0.1) is 4.99 Å². The quantitative estimate of drug-likeness (QED) is 0.136. The van der Waals surface area contributed by atoms with Crippen molar-refractivity contribution in [2.75, 3.05) is 27.2 Å². The number of nitriles is 1. The summed E-state index contributed by atoms with van der Waals surface area (Å²) < 4.78 is 6.02. The number of carbonyl (C=O) groups excluding carboxylic acids is 2. The molecule has 11 heteroatoms. The highest BCUT2D eigenvalue weighted by Crippen LogP contribution is 2.28. The number of pyridine rings is 1. The number of amides is 2. The summed E-state index contributed by atoms with van der Waals surface area (Å²) in [5.41, 5.74) is 4.07. The zero-order valence-corrected chi connectivity index (χ0v) is 22.8. The zero-order chi connectivity index (χ0) is 28.7. The smallest absolute Gasteiger partial charge is 0.251 e. The maximum absolute atomic E-state index is 13.2. The number of para-hydroxylation sites is 1. The van der Waals surface area contributed by atoms with Gasteiger partial charge in [0.05, 0.1) is 17.5 Å². The second kappa shape index (κ2) is 12.4. The van der Waals surface area contributed by atoms with E-state index in [0.717, 1.165) is 22.2 Å². The van der Waals surface area contributed by atoms with Crippen LogP contribution in [0.3, 0.4) is 0 Å². The molecule has 3 aromatic rings. The molecule has 2 heterocycles. The number of benzene rings is 2. The lowest BCUT2D eigenvalue weighted by Crippen LogP contribution is -2.58. The molecule has 1 aliphatic rings. The second-order valence-electron chi connectivity index (χ2n) is 10.1. The minimum atomic E-state index is -0.875. The van der Waals surface area contributed by atoms with Crippen LogP contribution in [-0.4, -0.2) is 70.5 Å². The van der Waals surface area contributed by atoms with E-state index in [1.807, 2.05) is 48.3 Å². The molecule has 0 aliphatic carbocycles. The lowest BCUT2D eigenvalue weighted by atomic mass is 9.83. The molecule has 0 spiro atoms. The van der Waals surface area contributed by atoms with E-state index in [1.54, 1.807) is 48.7 Å². The van der Waals surface area contributed by atoms with Gasteiger partial charge in [0, 0.05) is 49.4 Å². The third kappa shape index (κ3) is 6.65. The van der Waals surface area contributed by atoms with Gasteiger partial charge in [-0.2, -0.15) is 5.26 Å². The molecule has 0 bridgehead atoms. The zero-order valence-electron chi connectivity index (χ0n) is 22.8. The van der Waals surface area contributed by atoms with Gasteiger partial charge in [-0.1, -0.05) is 18.2 Å². The summed E-state index contributed by atoms with van der Waals surface area (Å²) in [5, 5.41) is 22.3. The molecule has 1 fully saturated rings. The van der Waals surface area contributed by atoms with Gasteiger partial charge in [-0.25, -0.2) is 5.48 Å². The molecular weight excluding hydrogens is 510 g/mol. The molecule has 1 aliphatic heterocycles. The topological polar surface area (TPSA) is 143 Å². The summed E-state index contributed by atoms with van der Waals surface area (Å²) in [7, 11) is 3.60. The lowest BCUT2D eigenvalue weighted by Gasteiger charge is -2.43. The fraction of sp³-hybridized carbons (Fsp3) is 0.345. The number of hydrogen-bond acceptors (Lipinski definition) is 7. The standard InChI is InChI=1S/C29H33N7O4/c1-20-16-22(24-6-4-5-7-25(24)32-20)18-40-23-10-8-21(9-11-23)27(38)33-29(17-26(37)34-39)12-14-36(15-13-29)28(31-19-30)35(2)3/h4-11,16,39H,12-15,17-18H2,1-3H3,(H,33,38)(H,34,37)/b31-28+. The Labute approximate surface area is 233 Å². The molecule has 2 amide bonds. The molecule has 0 radical (unpaired) electrons. The molecule has 4 rings (SSSR count). The van der Waals surface area contributed by atoms with Gasteiger partial charge in [0.1, 0.15) is 12.4 Å². The normalized spacial score (nSPS) is 14.8. The van der Waals surface area contributed by atoms with Gasteiger partial charge in [0.2, 0.25) is 18.1 Å². The first-order valence-electron chi connectivity index (χ1n) is 13.0. The van der Waals surface area contributed by atoms with Crippen molar-refractivity contribution in [2.24, 2.45) is 4.99 Å². The SMILES string of the molecule is Cc1cc(COc2ccc(C(=O)NC3(CC(=O)NO)CCN(/C(=N/C#N)N(C)C)CC3)cc2)c2ccccc2n1. The lowest BCUT2D eigenvalue weighted by molar-refractivity contribution is -0.131. The predicted octanol–water partition coefficient (Wildman–Crippen LogP) is 2.98. The predicted molar refractivity (Wildman–Crippen MR) is 150 cm³/mol. The van der Waals surface area contributed by atoms with Crippen LogP contribution in [-0.2, 0) is 11.4 Å². The number of hydrogen-bond donors (Lipinski definition) is 3. The number of ether oxygens (including phenoxy) is 1. The number of nitrogens with one attached hydrogen (secondary N) is 2. The Bertz CT molecular complexity index is 1440. The van der Waals surface area contributed by atoms with Crippen molar-refractivity contribution in [1.82, 2.24) is 25.6 Å². The number of carbonyl (C=O) groups is 2. The van der Waals surface area contributed by atoms with Gasteiger partial charge < -0.3 is 19.9 Å². The first-order valence-corrected chi connectivity index (χ1v) is 13.0. The molecule has 0 saturated carbocycles. The van der Waals surface area contributed by atoms with E-state index in [2.05, 4.69) is 15.3 Å². The number of fused-ring (bicyclic) bond motifs is 1. The highest BCUT2D eigenvalue weighted by atomic mass is 16.5. The van der Waals surface area contributed by atoms with Crippen LogP contribution < -0.4 is 15.5 Å². The minimum Gasteiger partial charge on any atom is -0.489 e. The van der Waals surface area contributed by atoms with Crippen LogP contribution in [0.25, 0.3) is 10.9 Å². The Morgan fingerprint density at radius 3 is 2.52 bits per heavy atom. The maximum atomic E-state index is 13.2. The second-order valence-corrected chi connectivity index (χ2v) is 10.1. The highest BCUT2D eigenvalue weighted by Gasteiger charge is 2.39. The Hall–Kier alpha value is -4.69. The van der Waals surface area contributed by atoms with E-state index in [1.165, 1.54) is 0 Å². The molecule has 11 nitrogen and oxygen atoms in total. The third-order valence-electron chi connectivity index (χ3n) is 7.00. The van der Waals surface area contributed by atoms with E-state index >= 15 is 0 Å². The number of rotatable bonds is 7. The van der Waals surface area contributed by atoms with E-state index in [9.17, 15) is 9.59 Å². The fourth-order valence-corrected chi connectivity index (χ4v) is 5.02. The van der Waals surface area contributed by atoms with E-state index in [4.69, 9.17) is 15.2 Å². The first kappa shape index (κ1) is 28.3. The number of aromatic nitrogens is 1. The number of piperidine rings is 1. The van der Waals surface area contributed by atoms with Crippen molar-refractivity contribution < 1.29 is 19.5 Å². The van der Waals surface area contributed by atoms with Crippen LogP contribution in [0.5, 0.6) is 5.75 Å². The largest absolute Gasteiger partial charge is 0.489 e. The average Bonchev–Trinajstić information content (AvgIpc) is 2.95. The van der Waals surface area contributed by atoms with Crippen molar-refractivity contribution >= 4 is 28.7 Å². The molecule has 2 aromatic carbocycles. The first-order chi connectivity index (χ1) is 19.2. The number of nitrogens with zero attached hydrogens (tertiary/aromatic N) is 5. The monoisotopic (exact) mass is 543 g/mol. The number of guanidine groups is 1. The van der Waals surface area contributed by atoms with Gasteiger partial charge in [0.15, 0.2) is 0 Å². The summed E-state index contributed by atoms with van der Waals surface area (Å²) in [6.45, 7) is 3.24. The summed E-state index contributed by atoms with van der Waals surface area (Å²) in [6.07, 6.45) is 2.58. The molecule has 3 N–H and O–H groups in total. The Morgan fingerprint density at radius 1 is 1.18 bits per heavy atom. The summed E-state index contributed by atoms with van der Waals surface area (Å²) >= 11 is 0. The molecular formula is C29H33N7O4. The van der Waals surface area contributed by atoms with Crippen molar-refractivity contribution in [3.8, 4) is 11.9 Å². The number of aliphatic imine (C=N–C) groups is 1. The summed E-state index contributed by atoms with van der Waals surface area (Å²) in [5.74, 6) is 0.209. The van der Waals surface area contributed by atoms with E-state index in [0.29, 0.717) is 49.8 Å². The Morgan fingerprint density at radius 2 is 1.88 bits per heavy atom. The maximum Gasteiger partial charge on any atom is 0.251 e. The number of hydroxylamine groups is 1. The Balaban J connectivity index is 1.43. The molecule has 0 atom stereocenters. The minimum absolute atomic E-state index is 0.0870. The van der Waals surface area contributed by atoms with Crippen LogP contribution in [0.2, 0.25) is 0 Å². The molecule has 208 valence electrons. The van der Waals surface area contributed by atoms with Gasteiger partial charge >= 0.3 is 0 Å². The average molecular weight is 544 g/mol. The van der Waals surface area contributed by atoms with Gasteiger partial charge in [0.25, 0.3) is 5.91 Å². The van der Waals surface area contributed by atoms with Crippen LogP contribution in [0.1, 0.15) is 40.9 Å². The molecule has 1 aromatic heterocycles. The number of aryl methyl sites for hydroxylation is 1.